The van der Waals surface area contributed by atoms with Crippen molar-refractivity contribution >= 4 is 0 Å². The van der Waals surface area contributed by atoms with Gasteiger partial charge in [0, 0.05) is 13.1 Å². The molecule has 2 heteroatoms. The van der Waals surface area contributed by atoms with Crippen LogP contribution in [-0.4, -0.2) is 19.3 Å². The van der Waals surface area contributed by atoms with Crippen LogP contribution >= 0.6 is 0 Å². The van der Waals surface area contributed by atoms with Crippen molar-refractivity contribution in [3.05, 3.63) is 0 Å². The highest BCUT2D eigenvalue weighted by atomic mass is 15.2. The standard InChI is InChI=1S/C23H44N2/c1-3-5-7-18-8-10-20(11-9-18)21-12-14-22(15-13-21)23-24-16-19(6-4-2)17-25-23/h18-25H,3-17H2,1-2H3. The van der Waals surface area contributed by atoms with E-state index in [4.69, 9.17) is 0 Å². The maximum atomic E-state index is 3.83. The largest absolute Gasteiger partial charge is 0.301 e. The van der Waals surface area contributed by atoms with Gasteiger partial charge in [-0.3, -0.25) is 0 Å². The van der Waals surface area contributed by atoms with Crippen molar-refractivity contribution in [2.45, 2.75) is 103 Å². The highest BCUT2D eigenvalue weighted by Gasteiger charge is 2.34. The van der Waals surface area contributed by atoms with E-state index in [9.17, 15) is 0 Å². The first-order valence-corrected chi connectivity index (χ1v) is 11.8. The second kappa shape index (κ2) is 10.3. The van der Waals surface area contributed by atoms with Crippen LogP contribution < -0.4 is 10.6 Å². The van der Waals surface area contributed by atoms with Crippen LogP contribution in [0, 0.1) is 29.6 Å². The van der Waals surface area contributed by atoms with Crippen LogP contribution in [0.4, 0.5) is 0 Å². The van der Waals surface area contributed by atoms with Crippen LogP contribution in [0.3, 0.4) is 0 Å². The van der Waals surface area contributed by atoms with Crippen molar-refractivity contribution < 1.29 is 0 Å². The Balaban J connectivity index is 1.34. The molecule has 0 spiro atoms. The van der Waals surface area contributed by atoms with E-state index in [1.165, 1.54) is 83.7 Å². The summed E-state index contributed by atoms with van der Waals surface area (Å²) in [7, 11) is 0. The Hall–Kier alpha value is -0.0800. The normalized spacial score (nSPS) is 40.1. The third-order valence-electron chi connectivity index (χ3n) is 7.76. The van der Waals surface area contributed by atoms with Crippen molar-refractivity contribution in [2.75, 3.05) is 13.1 Å². The second-order valence-electron chi connectivity index (χ2n) is 9.55. The fourth-order valence-corrected chi connectivity index (χ4v) is 6.07. The van der Waals surface area contributed by atoms with Crippen LogP contribution in [0.2, 0.25) is 0 Å². The van der Waals surface area contributed by atoms with Crippen molar-refractivity contribution in [1.29, 1.82) is 0 Å². The van der Waals surface area contributed by atoms with E-state index >= 15 is 0 Å². The molecule has 0 bridgehead atoms. The highest BCUT2D eigenvalue weighted by Crippen LogP contribution is 2.42. The summed E-state index contributed by atoms with van der Waals surface area (Å²) in [5.74, 6) is 4.94. The molecule has 2 N–H and O–H groups in total. The molecule has 0 unspecified atom stereocenters. The zero-order chi connectivity index (χ0) is 17.5. The topological polar surface area (TPSA) is 24.1 Å². The molecule has 3 rings (SSSR count). The third kappa shape index (κ3) is 5.70. The Morgan fingerprint density at radius 3 is 1.72 bits per heavy atom. The summed E-state index contributed by atoms with van der Waals surface area (Å²) < 4.78 is 0. The Morgan fingerprint density at radius 1 is 0.600 bits per heavy atom. The number of nitrogens with one attached hydrogen (secondary N) is 2. The molecule has 3 fully saturated rings. The smallest absolute Gasteiger partial charge is 0.0600 e. The zero-order valence-corrected chi connectivity index (χ0v) is 17.1. The van der Waals surface area contributed by atoms with Crippen LogP contribution in [0.25, 0.3) is 0 Å². The highest BCUT2D eigenvalue weighted by molar-refractivity contribution is 4.88. The van der Waals surface area contributed by atoms with Gasteiger partial charge in [-0.2, -0.15) is 0 Å². The maximum absolute atomic E-state index is 3.83. The Bertz CT molecular complexity index is 345. The minimum Gasteiger partial charge on any atom is -0.301 e. The third-order valence-corrected chi connectivity index (χ3v) is 7.76. The summed E-state index contributed by atoms with van der Waals surface area (Å²) in [5.41, 5.74) is 0. The maximum Gasteiger partial charge on any atom is 0.0600 e. The molecule has 2 aliphatic carbocycles. The SMILES string of the molecule is CCCCC1CCC(C2CCC(C3NCC(CCC)CN3)CC2)CC1. The number of hydrogen-bond donors (Lipinski definition) is 2. The lowest BCUT2D eigenvalue weighted by atomic mass is 9.68. The zero-order valence-electron chi connectivity index (χ0n) is 17.1. The lowest BCUT2D eigenvalue weighted by Gasteiger charge is -2.42. The number of rotatable bonds is 7. The van der Waals surface area contributed by atoms with Crippen LogP contribution in [0.15, 0.2) is 0 Å². The van der Waals surface area contributed by atoms with Crippen molar-refractivity contribution in [3.8, 4) is 0 Å². The van der Waals surface area contributed by atoms with Gasteiger partial charge in [-0.25, -0.2) is 0 Å². The van der Waals surface area contributed by atoms with E-state index in [0.717, 1.165) is 29.6 Å². The molecular weight excluding hydrogens is 304 g/mol. The van der Waals surface area contributed by atoms with E-state index in [-0.39, 0.29) is 0 Å². The van der Waals surface area contributed by atoms with E-state index in [0.29, 0.717) is 6.17 Å². The quantitative estimate of drug-likeness (QED) is 0.614. The van der Waals surface area contributed by atoms with E-state index in [2.05, 4.69) is 24.5 Å². The molecule has 2 saturated carbocycles. The van der Waals surface area contributed by atoms with E-state index < -0.39 is 0 Å². The number of unbranched alkanes of at least 4 members (excludes halogenated alkanes) is 1. The molecule has 0 amide bonds. The Kier molecular flexibility index (Phi) is 8.11. The molecule has 25 heavy (non-hydrogen) atoms. The van der Waals surface area contributed by atoms with Gasteiger partial charge in [0.2, 0.25) is 0 Å². The average Bonchev–Trinajstić information content (AvgIpc) is 2.68. The first-order chi connectivity index (χ1) is 12.3. The van der Waals surface area contributed by atoms with Gasteiger partial charge in [-0.1, -0.05) is 52.4 Å². The molecule has 2 nitrogen and oxygen atoms in total. The van der Waals surface area contributed by atoms with Crippen LogP contribution in [0.1, 0.15) is 97.3 Å². The molecule has 146 valence electrons. The second-order valence-corrected chi connectivity index (χ2v) is 9.55. The molecule has 0 aromatic heterocycles. The molecule has 0 aromatic rings. The summed E-state index contributed by atoms with van der Waals surface area (Å²) in [5, 5.41) is 7.66. The monoisotopic (exact) mass is 348 g/mol. The lowest BCUT2D eigenvalue weighted by Crippen LogP contribution is -2.56. The predicted molar refractivity (Wildman–Crippen MR) is 109 cm³/mol. The fourth-order valence-electron chi connectivity index (χ4n) is 6.07. The van der Waals surface area contributed by atoms with Gasteiger partial charge in [-0.15, -0.1) is 0 Å². The average molecular weight is 349 g/mol. The van der Waals surface area contributed by atoms with Gasteiger partial charge in [0.05, 0.1) is 6.17 Å². The summed E-state index contributed by atoms with van der Waals surface area (Å²) in [6, 6.07) is 0. The first-order valence-electron chi connectivity index (χ1n) is 11.8. The lowest BCUT2D eigenvalue weighted by molar-refractivity contribution is 0.113. The Labute approximate surface area is 157 Å². The minimum atomic E-state index is 0.610. The molecule has 0 radical (unpaired) electrons. The summed E-state index contributed by atoms with van der Waals surface area (Å²) in [6.45, 7) is 7.13. The van der Waals surface area contributed by atoms with Gasteiger partial charge in [0.15, 0.2) is 0 Å². The first kappa shape index (κ1) is 19.7. The van der Waals surface area contributed by atoms with Crippen LogP contribution in [-0.2, 0) is 0 Å². The van der Waals surface area contributed by atoms with Gasteiger partial charge in [0.25, 0.3) is 0 Å². The van der Waals surface area contributed by atoms with Crippen molar-refractivity contribution in [1.82, 2.24) is 10.6 Å². The van der Waals surface area contributed by atoms with Crippen LogP contribution in [0.5, 0.6) is 0 Å². The van der Waals surface area contributed by atoms with Gasteiger partial charge in [0.1, 0.15) is 0 Å². The minimum absolute atomic E-state index is 0.610. The molecule has 1 aliphatic heterocycles. The molecule has 0 aromatic carbocycles. The van der Waals surface area contributed by atoms with Gasteiger partial charge < -0.3 is 10.6 Å². The molecule has 3 aliphatic rings. The van der Waals surface area contributed by atoms with Crippen molar-refractivity contribution in [3.63, 3.8) is 0 Å². The van der Waals surface area contributed by atoms with Crippen molar-refractivity contribution in [2.24, 2.45) is 29.6 Å². The summed E-state index contributed by atoms with van der Waals surface area (Å²) >= 11 is 0. The summed E-state index contributed by atoms with van der Waals surface area (Å²) in [6.07, 6.45) is 19.8. The van der Waals surface area contributed by atoms with E-state index in [1.807, 2.05) is 0 Å². The van der Waals surface area contributed by atoms with Gasteiger partial charge >= 0.3 is 0 Å². The van der Waals surface area contributed by atoms with E-state index in [1.54, 1.807) is 12.8 Å². The van der Waals surface area contributed by atoms with Gasteiger partial charge in [-0.05, 0) is 74.5 Å². The summed E-state index contributed by atoms with van der Waals surface area (Å²) in [4.78, 5) is 0. The molecule has 0 atom stereocenters. The molecule has 1 saturated heterocycles. The molecular formula is C23H44N2. The molecule has 1 heterocycles. The fraction of sp³-hybridized carbons (Fsp3) is 1.00. The predicted octanol–water partition coefficient (Wildman–Crippen LogP) is 5.72. The number of hydrogen-bond acceptors (Lipinski definition) is 2. The Morgan fingerprint density at radius 2 is 1.16 bits per heavy atom.